The molecule has 66 valence electrons. The highest BCUT2D eigenvalue weighted by molar-refractivity contribution is 5.20. The van der Waals surface area contributed by atoms with Crippen molar-refractivity contribution in [1.29, 1.82) is 0 Å². The van der Waals surface area contributed by atoms with Crippen LogP contribution in [-0.2, 0) is 12.8 Å². The maximum atomic E-state index is 4.07. The molecule has 0 spiro atoms. The average Bonchev–Trinajstić information content (AvgIpc) is 2.49. The maximum absolute atomic E-state index is 4.07. The molecule has 2 heteroatoms. The minimum atomic E-state index is 0.813. The van der Waals surface area contributed by atoms with Gasteiger partial charge in [0.05, 0.1) is 6.20 Å². The van der Waals surface area contributed by atoms with Crippen molar-refractivity contribution in [3.63, 3.8) is 0 Å². The smallest absolute Gasteiger partial charge is 0.0522 e. The first-order valence-corrected chi connectivity index (χ1v) is 4.78. The molecule has 1 N–H and O–H groups in total. The van der Waals surface area contributed by atoms with E-state index >= 15 is 0 Å². The number of fused-ring (bicyclic) bond motifs is 1. The minimum Gasteiger partial charge on any atom is -0.282 e. The van der Waals surface area contributed by atoms with Crippen LogP contribution in [0.15, 0.2) is 6.20 Å². The lowest BCUT2D eigenvalue weighted by atomic mass is 9.81. The fourth-order valence-electron chi connectivity index (χ4n) is 2.01. The fourth-order valence-corrected chi connectivity index (χ4v) is 2.01. The lowest BCUT2D eigenvalue weighted by Crippen LogP contribution is -2.18. The number of aromatic amines is 1. The second-order valence-corrected chi connectivity index (χ2v) is 4.12. The van der Waals surface area contributed by atoms with Crippen molar-refractivity contribution < 1.29 is 0 Å². The summed E-state index contributed by atoms with van der Waals surface area (Å²) in [5, 5.41) is 7.14. The molecule has 1 aliphatic rings. The molecule has 2 rings (SSSR count). The van der Waals surface area contributed by atoms with E-state index in [9.17, 15) is 0 Å². The van der Waals surface area contributed by atoms with Crippen molar-refractivity contribution in [1.82, 2.24) is 10.2 Å². The Bertz CT molecular complexity index is 263. The Labute approximate surface area is 73.4 Å². The second-order valence-electron chi connectivity index (χ2n) is 4.12. The molecular formula is C10H16N2. The monoisotopic (exact) mass is 164 g/mol. The Hall–Kier alpha value is -0.790. The van der Waals surface area contributed by atoms with Crippen molar-refractivity contribution in [2.45, 2.75) is 33.1 Å². The highest BCUT2D eigenvalue weighted by Crippen LogP contribution is 2.28. The summed E-state index contributed by atoms with van der Waals surface area (Å²) in [7, 11) is 0. The van der Waals surface area contributed by atoms with Gasteiger partial charge in [0.15, 0.2) is 0 Å². The van der Waals surface area contributed by atoms with Crippen molar-refractivity contribution in [2.24, 2.45) is 11.8 Å². The minimum absolute atomic E-state index is 0.813. The van der Waals surface area contributed by atoms with Crippen LogP contribution in [0.3, 0.4) is 0 Å². The summed E-state index contributed by atoms with van der Waals surface area (Å²) in [5.41, 5.74) is 2.81. The number of hydrogen-bond donors (Lipinski definition) is 1. The first-order valence-electron chi connectivity index (χ1n) is 4.78. The summed E-state index contributed by atoms with van der Waals surface area (Å²) < 4.78 is 0. The molecule has 0 bridgehead atoms. The van der Waals surface area contributed by atoms with Gasteiger partial charge in [-0.05, 0) is 36.7 Å². The summed E-state index contributed by atoms with van der Waals surface area (Å²) in [5.74, 6) is 1.68. The third-order valence-corrected chi connectivity index (χ3v) is 3.00. The second kappa shape index (κ2) is 2.92. The van der Waals surface area contributed by atoms with Gasteiger partial charge in [-0.15, -0.1) is 0 Å². The van der Waals surface area contributed by atoms with E-state index < -0.39 is 0 Å². The van der Waals surface area contributed by atoms with E-state index in [-0.39, 0.29) is 0 Å². The molecule has 1 aromatic heterocycles. The number of nitrogens with zero attached hydrogens (tertiary/aromatic N) is 1. The van der Waals surface area contributed by atoms with Gasteiger partial charge in [0.1, 0.15) is 0 Å². The van der Waals surface area contributed by atoms with E-state index in [0.717, 1.165) is 11.8 Å². The van der Waals surface area contributed by atoms with Crippen LogP contribution in [0.25, 0.3) is 0 Å². The molecule has 0 unspecified atom stereocenters. The van der Waals surface area contributed by atoms with Crippen LogP contribution in [0, 0.1) is 11.8 Å². The topological polar surface area (TPSA) is 28.7 Å². The SMILES string of the molecule is CC(C)[C@@H]1CCc2[nH]ncc2C1. The highest BCUT2D eigenvalue weighted by Gasteiger charge is 2.21. The summed E-state index contributed by atoms with van der Waals surface area (Å²) in [6.07, 6.45) is 5.73. The standard InChI is InChI=1S/C10H16N2/c1-7(2)8-3-4-10-9(5-8)6-11-12-10/h6-8H,3-5H2,1-2H3,(H,11,12)/t8-/m1/s1. The van der Waals surface area contributed by atoms with Gasteiger partial charge in [-0.2, -0.15) is 5.10 Å². The molecule has 0 amide bonds. The molecule has 1 aromatic rings. The van der Waals surface area contributed by atoms with E-state index in [4.69, 9.17) is 0 Å². The molecule has 0 radical (unpaired) electrons. The van der Waals surface area contributed by atoms with Crippen LogP contribution in [0.2, 0.25) is 0 Å². The lowest BCUT2D eigenvalue weighted by molar-refractivity contribution is 0.342. The van der Waals surface area contributed by atoms with Gasteiger partial charge in [0.2, 0.25) is 0 Å². The molecule has 0 aliphatic heterocycles. The Kier molecular flexibility index (Phi) is 1.91. The van der Waals surface area contributed by atoms with E-state index in [2.05, 4.69) is 24.0 Å². The number of aromatic nitrogens is 2. The van der Waals surface area contributed by atoms with Crippen molar-refractivity contribution >= 4 is 0 Å². The lowest BCUT2D eigenvalue weighted by Gasteiger charge is -2.24. The Morgan fingerprint density at radius 3 is 3.17 bits per heavy atom. The van der Waals surface area contributed by atoms with Crippen molar-refractivity contribution in [3.05, 3.63) is 17.5 Å². The quantitative estimate of drug-likeness (QED) is 0.677. The average molecular weight is 164 g/mol. The van der Waals surface area contributed by atoms with Crippen LogP contribution in [0.1, 0.15) is 31.5 Å². The van der Waals surface area contributed by atoms with Gasteiger partial charge in [0.25, 0.3) is 0 Å². The summed E-state index contributed by atoms with van der Waals surface area (Å²) >= 11 is 0. The zero-order valence-electron chi connectivity index (χ0n) is 7.80. The van der Waals surface area contributed by atoms with Gasteiger partial charge >= 0.3 is 0 Å². The predicted octanol–water partition coefficient (Wildman–Crippen LogP) is 2.17. The number of rotatable bonds is 1. The van der Waals surface area contributed by atoms with Crippen LogP contribution < -0.4 is 0 Å². The fraction of sp³-hybridized carbons (Fsp3) is 0.700. The molecule has 0 fully saturated rings. The maximum Gasteiger partial charge on any atom is 0.0522 e. The molecule has 1 heterocycles. The van der Waals surface area contributed by atoms with Crippen LogP contribution in [0.4, 0.5) is 0 Å². The Morgan fingerprint density at radius 1 is 1.58 bits per heavy atom. The zero-order valence-corrected chi connectivity index (χ0v) is 7.80. The van der Waals surface area contributed by atoms with Gasteiger partial charge in [0, 0.05) is 5.69 Å². The Morgan fingerprint density at radius 2 is 2.42 bits per heavy atom. The van der Waals surface area contributed by atoms with E-state index in [1.807, 2.05) is 6.20 Å². The number of H-pyrrole nitrogens is 1. The summed E-state index contributed by atoms with van der Waals surface area (Å²) in [4.78, 5) is 0. The molecule has 12 heavy (non-hydrogen) atoms. The number of hydrogen-bond acceptors (Lipinski definition) is 1. The van der Waals surface area contributed by atoms with Gasteiger partial charge < -0.3 is 0 Å². The summed E-state index contributed by atoms with van der Waals surface area (Å²) in [6, 6.07) is 0. The zero-order chi connectivity index (χ0) is 8.55. The van der Waals surface area contributed by atoms with Crippen LogP contribution in [0.5, 0.6) is 0 Å². The Balaban J connectivity index is 2.15. The van der Waals surface area contributed by atoms with E-state index in [0.29, 0.717) is 0 Å². The van der Waals surface area contributed by atoms with Crippen LogP contribution in [-0.4, -0.2) is 10.2 Å². The molecule has 1 aliphatic carbocycles. The van der Waals surface area contributed by atoms with E-state index in [1.165, 1.54) is 30.5 Å². The molecule has 0 saturated heterocycles. The van der Waals surface area contributed by atoms with Gasteiger partial charge in [-0.25, -0.2) is 0 Å². The van der Waals surface area contributed by atoms with Gasteiger partial charge in [-0.3, -0.25) is 5.10 Å². The first-order chi connectivity index (χ1) is 5.77. The number of aryl methyl sites for hydroxylation is 1. The predicted molar refractivity (Wildman–Crippen MR) is 48.9 cm³/mol. The largest absolute Gasteiger partial charge is 0.282 e. The van der Waals surface area contributed by atoms with E-state index in [1.54, 1.807) is 0 Å². The third-order valence-electron chi connectivity index (χ3n) is 3.00. The molecule has 1 atom stereocenters. The van der Waals surface area contributed by atoms with Crippen LogP contribution >= 0.6 is 0 Å². The van der Waals surface area contributed by atoms with Crippen molar-refractivity contribution in [2.75, 3.05) is 0 Å². The van der Waals surface area contributed by atoms with Crippen molar-refractivity contribution in [3.8, 4) is 0 Å². The highest BCUT2D eigenvalue weighted by atomic mass is 15.1. The first kappa shape index (κ1) is 7.84. The molecule has 0 aromatic carbocycles. The summed E-state index contributed by atoms with van der Waals surface area (Å²) in [6.45, 7) is 4.63. The molecule has 0 saturated carbocycles. The van der Waals surface area contributed by atoms with Gasteiger partial charge in [-0.1, -0.05) is 13.8 Å². The molecular weight excluding hydrogens is 148 g/mol. The molecule has 2 nitrogen and oxygen atoms in total. The normalized spacial score (nSPS) is 22.8. The number of nitrogens with one attached hydrogen (secondary N) is 1. The third kappa shape index (κ3) is 1.26.